The molecule has 234 valence electrons. The molecule has 1 aliphatic carbocycles. The Hall–Kier alpha value is -2.32. The normalized spacial score (nSPS) is 16.8. The number of ether oxygens (including phenoxy) is 4. The van der Waals surface area contributed by atoms with E-state index in [1.165, 1.54) is 12.7 Å². The van der Waals surface area contributed by atoms with E-state index in [9.17, 15) is 14.7 Å². The first kappa shape index (κ1) is 34.9. The van der Waals surface area contributed by atoms with Gasteiger partial charge in [-0.3, -0.25) is 9.59 Å². The fourth-order valence-electron chi connectivity index (χ4n) is 5.93. The van der Waals surface area contributed by atoms with Crippen LogP contribution in [0.5, 0.6) is 11.5 Å². The molecule has 1 amide bonds. The van der Waals surface area contributed by atoms with Gasteiger partial charge in [-0.25, -0.2) is 0 Å². The van der Waals surface area contributed by atoms with Gasteiger partial charge in [0.25, 0.3) is 0 Å². The molecule has 1 fully saturated rings. The van der Waals surface area contributed by atoms with E-state index in [0.29, 0.717) is 50.2 Å². The summed E-state index contributed by atoms with van der Waals surface area (Å²) in [5.41, 5.74) is 0.553. The van der Waals surface area contributed by atoms with Gasteiger partial charge in [-0.1, -0.05) is 46.6 Å². The fraction of sp³-hybridized carbons (Fsp3) is 0.758. The first-order valence-electron chi connectivity index (χ1n) is 15.4. The largest absolute Gasteiger partial charge is 0.493 e. The second kappa shape index (κ2) is 17.6. The highest BCUT2D eigenvalue weighted by Gasteiger charge is 2.43. The van der Waals surface area contributed by atoms with Crippen molar-refractivity contribution in [1.29, 1.82) is 0 Å². The Labute approximate surface area is 247 Å². The highest BCUT2D eigenvalue weighted by Crippen LogP contribution is 2.39. The molecule has 1 aromatic rings. The van der Waals surface area contributed by atoms with Crippen molar-refractivity contribution in [2.24, 2.45) is 29.1 Å². The Morgan fingerprint density at radius 3 is 2.27 bits per heavy atom. The number of nitrogens with one attached hydrogen (secondary N) is 1. The molecule has 1 aliphatic rings. The molecule has 2 rings (SSSR count). The van der Waals surface area contributed by atoms with Crippen LogP contribution < -0.4 is 14.8 Å². The number of amides is 1. The van der Waals surface area contributed by atoms with Crippen molar-refractivity contribution in [2.75, 3.05) is 41.1 Å². The van der Waals surface area contributed by atoms with Crippen LogP contribution in [0, 0.1) is 29.1 Å². The molecule has 0 saturated heterocycles. The average Bonchev–Trinajstić information content (AvgIpc) is 3.44. The van der Waals surface area contributed by atoms with Crippen LogP contribution in [0.4, 0.5) is 0 Å². The van der Waals surface area contributed by atoms with Gasteiger partial charge < -0.3 is 29.4 Å². The fourth-order valence-corrected chi connectivity index (χ4v) is 5.93. The van der Waals surface area contributed by atoms with Gasteiger partial charge in [0.15, 0.2) is 11.5 Å². The van der Waals surface area contributed by atoms with Gasteiger partial charge >= 0.3 is 5.97 Å². The van der Waals surface area contributed by atoms with Crippen LogP contribution in [0.1, 0.15) is 84.6 Å². The third-order valence-electron chi connectivity index (χ3n) is 8.74. The van der Waals surface area contributed by atoms with Gasteiger partial charge in [0, 0.05) is 32.6 Å². The average molecular weight is 578 g/mol. The van der Waals surface area contributed by atoms with E-state index in [1.54, 1.807) is 14.2 Å². The van der Waals surface area contributed by atoms with E-state index in [0.717, 1.165) is 50.7 Å². The number of methoxy groups -OCH3 is 3. The lowest BCUT2D eigenvalue weighted by molar-refractivity contribution is -0.152. The minimum atomic E-state index is -0.620. The van der Waals surface area contributed by atoms with Crippen LogP contribution in [-0.2, 0) is 25.5 Å². The molecule has 8 nitrogen and oxygen atoms in total. The molecule has 2 N–H and O–H groups in total. The minimum absolute atomic E-state index is 0.0739. The van der Waals surface area contributed by atoms with Crippen molar-refractivity contribution >= 4 is 11.9 Å². The third kappa shape index (κ3) is 10.8. The van der Waals surface area contributed by atoms with E-state index in [2.05, 4.69) is 31.3 Å². The van der Waals surface area contributed by atoms with Crippen LogP contribution in [0.15, 0.2) is 18.2 Å². The van der Waals surface area contributed by atoms with Crippen molar-refractivity contribution in [3.8, 4) is 11.5 Å². The molecule has 1 saturated carbocycles. The number of aliphatic hydroxyl groups is 1. The number of esters is 1. The highest BCUT2D eigenvalue weighted by molar-refractivity contribution is 5.81. The number of carbonyl (C=O) groups is 2. The maximum atomic E-state index is 13.2. The highest BCUT2D eigenvalue weighted by atomic mass is 16.5. The molecule has 8 heteroatoms. The topological polar surface area (TPSA) is 103 Å². The van der Waals surface area contributed by atoms with Gasteiger partial charge in [-0.2, -0.15) is 0 Å². The van der Waals surface area contributed by atoms with Gasteiger partial charge in [0.2, 0.25) is 5.91 Å². The van der Waals surface area contributed by atoms with Crippen molar-refractivity contribution in [3.05, 3.63) is 23.8 Å². The summed E-state index contributed by atoms with van der Waals surface area (Å²) in [5.74, 6) is 1.67. The number of hydrogen-bond donors (Lipinski definition) is 2. The Morgan fingerprint density at radius 1 is 0.976 bits per heavy atom. The number of hydrogen-bond acceptors (Lipinski definition) is 7. The molecular formula is C33H55NO7. The molecule has 3 atom stereocenters. The maximum absolute atomic E-state index is 13.2. The molecule has 0 bridgehead atoms. The van der Waals surface area contributed by atoms with Crippen molar-refractivity contribution in [3.63, 3.8) is 0 Å². The van der Waals surface area contributed by atoms with Gasteiger partial charge in [0.1, 0.15) is 0 Å². The summed E-state index contributed by atoms with van der Waals surface area (Å²) in [6, 6.07) is 6.09. The van der Waals surface area contributed by atoms with Crippen LogP contribution in [-0.4, -0.2) is 64.2 Å². The zero-order chi connectivity index (χ0) is 30.4. The summed E-state index contributed by atoms with van der Waals surface area (Å²) < 4.78 is 21.6. The lowest BCUT2D eigenvalue weighted by Gasteiger charge is -2.29. The van der Waals surface area contributed by atoms with Crippen molar-refractivity contribution in [1.82, 2.24) is 5.32 Å². The maximum Gasteiger partial charge on any atom is 0.313 e. The first-order valence-corrected chi connectivity index (χ1v) is 15.4. The number of aliphatic hydroxyl groups excluding tert-OH is 1. The van der Waals surface area contributed by atoms with Gasteiger partial charge in [-0.15, -0.1) is 0 Å². The lowest BCUT2D eigenvalue weighted by atomic mass is 9.82. The standard InChI is InChI=1S/C33H55NO7/c1-23(2)26(19-25-11-14-29(39-6)30(20-25)41-18-10-17-38-5)12-13-27(35)21-28(24(3)4)31(36)34-22-33(32(37)40-7)15-8-9-16-33/h11,14,20,23-24,26-28,35H,8-10,12-13,15-19,21-22H2,1-7H3,(H,34,36)/t26?,27-,28+/m1/s1. The zero-order valence-corrected chi connectivity index (χ0v) is 26.5. The van der Waals surface area contributed by atoms with Crippen LogP contribution in [0.3, 0.4) is 0 Å². The Kier molecular flexibility index (Phi) is 15.0. The monoisotopic (exact) mass is 577 g/mol. The molecule has 0 aromatic heterocycles. The molecule has 1 unspecified atom stereocenters. The van der Waals surface area contributed by atoms with E-state index in [-0.39, 0.29) is 23.7 Å². The van der Waals surface area contributed by atoms with Crippen LogP contribution in [0.2, 0.25) is 0 Å². The van der Waals surface area contributed by atoms with Crippen molar-refractivity contribution in [2.45, 2.75) is 91.6 Å². The molecule has 41 heavy (non-hydrogen) atoms. The summed E-state index contributed by atoms with van der Waals surface area (Å²) in [4.78, 5) is 25.7. The van der Waals surface area contributed by atoms with E-state index in [1.807, 2.05) is 19.9 Å². The Balaban J connectivity index is 1.96. The molecule has 0 spiro atoms. The van der Waals surface area contributed by atoms with E-state index in [4.69, 9.17) is 18.9 Å². The molecular weight excluding hydrogens is 522 g/mol. The summed E-state index contributed by atoms with van der Waals surface area (Å²) in [6.07, 6.45) is 6.38. The third-order valence-corrected chi connectivity index (χ3v) is 8.74. The summed E-state index contributed by atoms with van der Waals surface area (Å²) in [6.45, 7) is 9.96. The zero-order valence-electron chi connectivity index (χ0n) is 26.5. The van der Waals surface area contributed by atoms with Gasteiger partial charge in [-0.05, 0) is 74.0 Å². The summed E-state index contributed by atoms with van der Waals surface area (Å²) in [5, 5.41) is 14.1. The summed E-state index contributed by atoms with van der Waals surface area (Å²) in [7, 11) is 4.74. The number of benzene rings is 1. The van der Waals surface area contributed by atoms with Crippen LogP contribution in [0.25, 0.3) is 0 Å². The quantitative estimate of drug-likeness (QED) is 0.163. The predicted octanol–water partition coefficient (Wildman–Crippen LogP) is 5.58. The van der Waals surface area contributed by atoms with Gasteiger partial charge in [0.05, 0.1) is 32.3 Å². The van der Waals surface area contributed by atoms with E-state index < -0.39 is 11.5 Å². The molecule has 0 aliphatic heterocycles. The second-order valence-corrected chi connectivity index (χ2v) is 12.4. The Bertz CT molecular complexity index is 926. The molecule has 0 radical (unpaired) electrons. The number of carbonyl (C=O) groups excluding carboxylic acids is 2. The number of rotatable bonds is 19. The minimum Gasteiger partial charge on any atom is -0.493 e. The lowest BCUT2D eigenvalue weighted by Crippen LogP contribution is -2.45. The van der Waals surface area contributed by atoms with E-state index >= 15 is 0 Å². The molecule has 0 heterocycles. The second-order valence-electron chi connectivity index (χ2n) is 12.4. The van der Waals surface area contributed by atoms with Crippen LogP contribution >= 0.6 is 0 Å². The van der Waals surface area contributed by atoms with Crippen molar-refractivity contribution < 1.29 is 33.6 Å². The Morgan fingerprint density at radius 2 is 1.68 bits per heavy atom. The first-order chi connectivity index (χ1) is 19.6. The predicted molar refractivity (Wildman–Crippen MR) is 161 cm³/mol. The molecule has 1 aromatic carbocycles. The SMILES string of the molecule is COCCCOc1cc(CC(CC[C@@H](O)C[C@H](C(=O)NCC2(C(=O)OC)CCCC2)C(C)C)C(C)C)ccc1OC. The summed E-state index contributed by atoms with van der Waals surface area (Å²) >= 11 is 0. The smallest absolute Gasteiger partial charge is 0.313 e.